The molecule has 0 aliphatic heterocycles. The summed E-state index contributed by atoms with van der Waals surface area (Å²) in [5, 5.41) is 7.76. The summed E-state index contributed by atoms with van der Waals surface area (Å²) in [4.78, 5) is 13.3. The largest absolute Gasteiger partial charge is 0.284 e. The Balaban J connectivity index is 2.85. The molecule has 0 saturated carbocycles. The number of nitrogens with one attached hydrogen (secondary N) is 1. The molecule has 0 atom stereocenters. The quantitative estimate of drug-likeness (QED) is 0.503. The fraction of sp³-hybridized carbons (Fsp3) is 0.600. The van der Waals surface area contributed by atoms with Crippen LogP contribution in [-0.4, -0.2) is 21.0 Å². The second-order valence-electron chi connectivity index (χ2n) is 2.21. The Morgan fingerprint density at radius 3 is 2.73 bits per heavy atom. The molecule has 0 saturated heterocycles. The zero-order valence-corrected chi connectivity index (χ0v) is 6.70. The molecule has 0 aliphatic rings. The Hall–Kier alpha value is -1.46. The summed E-state index contributed by atoms with van der Waals surface area (Å²) in [7, 11) is 1.69. The van der Waals surface area contributed by atoms with Gasteiger partial charge in [-0.3, -0.25) is 4.79 Å². The first-order chi connectivity index (χ1) is 5.09. The third-order valence-corrected chi connectivity index (χ3v) is 1.08. The van der Waals surface area contributed by atoms with E-state index in [2.05, 4.69) is 15.7 Å². The lowest BCUT2D eigenvalue weighted by Crippen LogP contribution is -2.36. The predicted octanol–water partition coefficient (Wildman–Crippen LogP) is -1.50. The summed E-state index contributed by atoms with van der Waals surface area (Å²) in [5.74, 6) is 0.473. The Kier molecular flexibility index (Phi) is 1.84. The van der Waals surface area contributed by atoms with Crippen LogP contribution in [0, 0.1) is 6.92 Å². The Bertz CT molecular complexity index is 278. The van der Waals surface area contributed by atoms with Crippen LogP contribution in [0.2, 0.25) is 0 Å². The highest BCUT2D eigenvalue weighted by molar-refractivity contribution is 5.80. The molecule has 1 rings (SSSR count). The average Bonchev–Trinajstić information content (AvgIpc) is 2.09. The van der Waals surface area contributed by atoms with E-state index in [1.807, 2.05) is 0 Å². The smallest absolute Gasteiger partial charge is 0.272 e. The summed E-state index contributed by atoms with van der Waals surface area (Å²) < 4.78 is 0. The van der Waals surface area contributed by atoms with Crippen LogP contribution in [0.3, 0.4) is 0 Å². The van der Waals surface area contributed by atoms with Gasteiger partial charge in [0.25, 0.3) is 11.7 Å². The Labute approximate surface area is 63.8 Å². The van der Waals surface area contributed by atoms with E-state index in [1.54, 1.807) is 14.0 Å². The van der Waals surface area contributed by atoms with E-state index in [9.17, 15) is 4.79 Å². The lowest BCUT2D eigenvalue weighted by atomic mass is 10.7. The number of hydrogen-bond acceptors (Lipinski definition) is 3. The van der Waals surface area contributed by atoms with Gasteiger partial charge < -0.3 is 0 Å². The highest BCUT2D eigenvalue weighted by atomic mass is 16.2. The van der Waals surface area contributed by atoms with Gasteiger partial charge in [-0.25, -0.2) is 0 Å². The van der Waals surface area contributed by atoms with Crippen molar-refractivity contribution in [3.63, 3.8) is 0 Å². The van der Waals surface area contributed by atoms with Gasteiger partial charge in [-0.2, -0.15) is 5.43 Å². The van der Waals surface area contributed by atoms with Gasteiger partial charge in [-0.1, -0.05) is 0 Å². The minimum atomic E-state index is -0.168. The monoisotopic (exact) mass is 156 g/mol. The van der Waals surface area contributed by atoms with Crippen molar-refractivity contribution in [3.8, 4) is 0 Å². The molecule has 0 radical (unpaired) electrons. The van der Waals surface area contributed by atoms with Crippen LogP contribution < -0.4 is 10.2 Å². The second kappa shape index (κ2) is 2.65. The SMILES string of the molecule is CC(=O)Nn1n[n+](C)nc1C. The van der Waals surface area contributed by atoms with E-state index in [4.69, 9.17) is 0 Å². The number of rotatable bonds is 1. The summed E-state index contributed by atoms with van der Waals surface area (Å²) in [6, 6.07) is 0. The maximum atomic E-state index is 10.6. The molecule has 0 fully saturated rings. The van der Waals surface area contributed by atoms with Gasteiger partial charge >= 0.3 is 0 Å². The molecule has 0 unspecified atom stereocenters. The maximum absolute atomic E-state index is 10.6. The van der Waals surface area contributed by atoms with Crippen molar-refractivity contribution in [1.82, 2.24) is 15.1 Å². The first kappa shape index (κ1) is 7.64. The lowest BCUT2D eigenvalue weighted by Gasteiger charge is -1.89. The summed E-state index contributed by atoms with van der Waals surface area (Å²) in [5.41, 5.74) is 2.48. The van der Waals surface area contributed by atoms with Gasteiger partial charge in [-0.05, 0) is 14.7 Å². The van der Waals surface area contributed by atoms with E-state index >= 15 is 0 Å². The average molecular weight is 156 g/mol. The van der Waals surface area contributed by atoms with Crippen LogP contribution >= 0.6 is 0 Å². The third-order valence-electron chi connectivity index (χ3n) is 1.08. The number of aryl methyl sites for hydroxylation is 2. The van der Waals surface area contributed by atoms with Crippen molar-refractivity contribution in [3.05, 3.63) is 5.82 Å². The highest BCUT2D eigenvalue weighted by Crippen LogP contribution is 1.80. The van der Waals surface area contributed by atoms with Gasteiger partial charge in [0.05, 0.1) is 0 Å². The van der Waals surface area contributed by atoms with Gasteiger partial charge in [-0.15, -0.1) is 0 Å². The molecule has 1 heterocycles. The molecule has 0 bridgehead atoms. The number of aromatic nitrogens is 4. The Morgan fingerprint density at radius 1 is 1.73 bits per heavy atom. The van der Waals surface area contributed by atoms with E-state index < -0.39 is 0 Å². The molecule has 0 aliphatic carbocycles. The van der Waals surface area contributed by atoms with Crippen molar-refractivity contribution in [2.24, 2.45) is 7.05 Å². The predicted molar refractivity (Wildman–Crippen MR) is 36.0 cm³/mol. The van der Waals surface area contributed by atoms with Gasteiger partial charge in [0, 0.05) is 13.8 Å². The van der Waals surface area contributed by atoms with Crippen LogP contribution in [0.25, 0.3) is 0 Å². The maximum Gasteiger partial charge on any atom is 0.284 e. The lowest BCUT2D eigenvalue weighted by molar-refractivity contribution is -0.785. The Morgan fingerprint density at radius 2 is 2.36 bits per heavy atom. The van der Waals surface area contributed by atoms with Crippen LogP contribution in [0.15, 0.2) is 0 Å². The minimum Gasteiger partial charge on any atom is -0.272 e. The molecular weight excluding hydrogens is 146 g/mol. The molecule has 0 spiro atoms. The molecule has 60 valence electrons. The van der Waals surface area contributed by atoms with Gasteiger partial charge in [0.2, 0.25) is 0 Å². The van der Waals surface area contributed by atoms with E-state index in [-0.39, 0.29) is 5.91 Å². The number of carbonyl (C=O) groups excluding carboxylic acids is 1. The first-order valence-electron chi connectivity index (χ1n) is 3.17. The van der Waals surface area contributed by atoms with Crippen molar-refractivity contribution < 1.29 is 9.59 Å². The van der Waals surface area contributed by atoms with Crippen LogP contribution in [0.5, 0.6) is 0 Å². The molecule has 6 heteroatoms. The molecule has 1 aromatic heterocycles. The van der Waals surface area contributed by atoms with E-state index in [0.29, 0.717) is 5.82 Å². The standard InChI is InChI=1S/C5H9N5O/c1-4-6-9(3)8-10(4)7-5(2)11/h1-3H3/p+1. The van der Waals surface area contributed by atoms with Crippen molar-refractivity contribution in [2.45, 2.75) is 13.8 Å². The third kappa shape index (κ3) is 1.73. The number of nitrogens with zero attached hydrogens (tertiary/aromatic N) is 4. The second-order valence-corrected chi connectivity index (χ2v) is 2.21. The molecule has 11 heavy (non-hydrogen) atoms. The van der Waals surface area contributed by atoms with E-state index in [0.717, 1.165) is 0 Å². The van der Waals surface area contributed by atoms with Crippen molar-refractivity contribution >= 4 is 5.91 Å². The van der Waals surface area contributed by atoms with Crippen molar-refractivity contribution in [2.75, 3.05) is 5.43 Å². The first-order valence-corrected chi connectivity index (χ1v) is 3.17. The fourth-order valence-electron chi connectivity index (χ4n) is 0.718. The fourth-order valence-corrected chi connectivity index (χ4v) is 0.718. The number of tetrazole rings is 1. The molecule has 6 nitrogen and oxygen atoms in total. The summed E-state index contributed by atoms with van der Waals surface area (Å²) in [6.45, 7) is 3.17. The zero-order valence-electron chi connectivity index (χ0n) is 6.70. The van der Waals surface area contributed by atoms with Crippen LogP contribution in [0.1, 0.15) is 12.7 Å². The van der Waals surface area contributed by atoms with Crippen LogP contribution in [-0.2, 0) is 11.8 Å². The molecule has 1 aromatic rings. The van der Waals surface area contributed by atoms with Gasteiger partial charge in [0.1, 0.15) is 12.3 Å². The van der Waals surface area contributed by atoms with Crippen LogP contribution in [0.4, 0.5) is 0 Å². The normalized spacial score (nSPS) is 9.73. The summed E-state index contributed by atoms with van der Waals surface area (Å²) >= 11 is 0. The van der Waals surface area contributed by atoms with Gasteiger partial charge in [0.15, 0.2) is 0 Å². The molecular formula is C5H10N5O+. The van der Waals surface area contributed by atoms with Crippen molar-refractivity contribution in [1.29, 1.82) is 0 Å². The minimum absolute atomic E-state index is 0.168. The van der Waals surface area contributed by atoms with E-state index in [1.165, 1.54) is 16.5 Å². The number of hydrogen-bond donors (Lipinski definition) is 1. The summed E-state index contributed by atoms with van der Waals surface area (Å²) in [6.07, 6.45) is 0. The zero-order chi connectivity index (χ0) is 8.43. The molecule has 1 N–H and O–H groups in total. The number of amides is 1. The highest BCUT2D eigenvalue weighted by Gasteiger charge is 2.11. The molecule has 1 amide bonds. The molecule has 0 aromatic carbocycles. The topological polar surface area (TPSA) is 63.7 Å². The number of carbonyl (C=O) groups is 1.